The van der Waals surface area contributed by atoms with Crippen LogP contribution in [0, 0.1) is 0 Å². The molecule has 0 aromatic heterocycles. The lowest BCUT2D eigenvalue weighted by Crippen LogP contribution is -1.80. The van der Waals surface area contributed by atoms with Crippen LogP contribution in [-0.4, -0.2) is 0 Å². The van der Waals surface area contributed by atoms with E-state index in [0.29, 0.717) is 0 Å². The molecule has 118 valence electrons. The quantitative estimate of drug-likeness (QED) is 0.371. The Balaban J connectivity index is 2.53. The Hall–Kier alpha value is -1.82. The lowest BCUT2D eigenvalue weighted by atomic mass is 10.0. The molecule has 0 aliphatic heterocycles. The summed E-state index contributed by atoms with van der Waals surface area (Å²) in [5.41, 5.74) is 6.83. The molecule has 1 rings (SSSR count). The van der Waals surface area contributed by atoms with Crippen molar-refractivity contribution in [1.29, 1.82) is 0 Å². The molecule has 0 nitrogen and oxygen atoms in total. The van der Waals surface area contributed by atoms with Crippen molar-refractivity contribution in [2.75, 3.05) is 0 Å². The Labute approximate surface area is 137 Å². The molecule has 0 heterocycles. The van der Waals surface area contributed by atoms with E-state index in [9.17, 15) is 0 Å². The maximum Gasteiger partial charge on any atom is -0.0161 e. The standard InChI is InChI=1S/C22H30/c1-18(2)11-9-12-19(3)13-10-14-20(4)17-21(5)22-15-7-6-8-16-22/h6-8,11,13-17H,9-10,12H2,1-5H3/b19-13+,20-14+,21-17+. The molecule has 0 saturated heterocycles. The Morgan fingerprint density at radius 1 is 0.864 bits per heavy atom. The number of hydrogen-bond acceptors (Lipinski definition) is 0. The zero-order chi connectivity index (χ0) is 16.4. The molecule has 1 aromatic rings. The monoisotopic (exact) mass is 294 g/mol. The summed E-state index contributed by atoms with van der Waals surface area (Å²) in [6.45, 7) is 10.9. The first-order valence-electron chi connectivity index (χ1n) is 8.18. The normalized spacial score (nSPS) is 13.2. The fourth-order valence-electron chi connectivity index (χ4n) is 2.32. The van der Waals surface area contributed by atoms with E-state index in [4.69, 9.17) is 0 Å². The first-order chi connectivity index (χ1) is 10.5. The van der Waals surface area contributed by atoms with Crippen molar-refractivity contribution in [3.05, 3.63) is 76.9 Å². The first-order valence-corrected chi connectivity index (χ1v) is 8.18. The zero-order valence-electron chi connectivity index (χ0n) is 14.8. The molecule has 0 aliphatic rings. The molecule has 0 atom stereocenters. The number of rotatable bonds is 7. The fourth-order valence-corrected chi connectivity index (χ4v) is 2.32. The summed E-state index contributed by atoms with van der Waals surface area (Å²) in [5.74, 6) is 0. The third-order valence-corrected chi connectivity index (χ3v) is 3.67. The molecule has 0 unspecified atom stereocenters. The molecule has 0 bridgehead atoms. The van der Waals surface area contributed by atoms with Gasteiger partial charge in [0, 0.05) is 0 Å². The lowest BCUT2D eigenvalue weighted by Gasteiger charge is -2.02. The van der Waals surface area contributed by atoms with E-state index >= 15 is 0 Å². The van der Waals surface area contributed by atoms with Gasteiger partial charge in [-0.15, -0.1) is 0 Å². The van der Waals surface area contributed by atoms with E-state index in [0.717, 1.165) is 19.3 Å². The Bertz CT molecular complexity index is 561. The highest BCUT2D eigenvalue weighted by Crippen LogP contribution is 2.16. The molecule has 0 N–H and O–H groups in total. The molecule has 0 fully saturated rings. The Kier molecular flexibility index (Phi) is 8.28. The summed E-state index contributed by atoms with van der Waals surface area (Å²) >= 11 is 0. The summed E-state index contributed by atoms with van der Waals surface area (Å²) in [7, 11) is 0. The van der Waals surface area contributed by atoms with Crippen LogP contribution in [0.25, 0.3) is 5.57 Å². The maximum absolute atomic E-state index is 2.34. The third kappa shape index (κ3) is 7.83. The zero-order valence-corrected chi connectivity index (χ0v) is 14.8. The second-order valence-electron chi connectivity index (χ2n) is 6.25. The first kappa shape index (κ1) is 18.2. The van der Waals surface area contributed by atoms with Crippen LogP contribution in [0.3, 0.4) is 0 Å². The van der Waals surface area contributed by atoms with Gasteiger partial charge in [0.1, 0.15) is 0 Å². The second-order valence-corrected chi connectivity index (χ2v) is 6.25. The van der Waals surface area contributed by atoms with Gasteiger partial charge in [0.25, 0.3) is 0 Å². The topological polar surface area (TPSA) is 0 Å². The molecule has 0 radical (unpaired) electrons. The molecule has 0 spiro atoms. The van der Waals surface area contributed by atoms with Crippen molar-refractivity contribution >= 4 is 5.57 Å². The molecule has 22 heavy (non-hydrogen) atoms. The summed E-state index contributed by atoms with van der Waals surface area (Å²) in [6, 6.07) is 10.6. The summed E-state index contributed by atoms with van der Waals surface area (Å²) in [5, 5.41) is 0. The van der Waals surface area contributed by atoms with Crippen LogP contribution in [0.15, 0.2) is 71.4 Å². The number of hydrogen-bond donors (Lipinski definition) is 0. The van der Waals surface area contributed by atoms with E-state index in [2.05, 4.69) is 89.3 Å². The van der Waals surface area contributed by atoms with Crippen molar-refractivity contribution in [2.45, 2.75) is 53.9 Å². The lowest BCUT2D eigenvalue weighted by molar-refractivity contribution is 0.958. The van der Waals surface area contributed by atoms with E-state index in [1.807, 2.05) is 0 Å². The molecule has 1 aromatic carbocycles. The number of allylic oxidation sites excluding steroid dienone is 8. The minimum atomic E-state index is 1.02. The smallest absolute Gasteiger partial charge is 0.0161 e. The fraction of sp³-hybridized carbons (Fsp3) is 0.364. The minimum absolute atomic E-state index is 1.02. The van der Waals surface area contributed by atoms with Crippen LogP contribution in [0.2, 0.25) is 0 Å². The van der Waals surface area contributed by atoms with Gasteiger partial charge in [-0.3, -0.25) is 0 Å². The van der Waals surface area contributed by atoms with Gasteiger partial charge in [-0.2, -0.15) is 0 Å². The summed E-state index contributed by atoms with van der Waals surface area (Å²) in [6.07, 6.45) is 12.6. The van der Waals surface area contributed by atoms with Gasteiger partial charge in [-0.1, -0.05) is 71.4 Å². The van der Waals surface area contributed by atoms with Gasteiger partial charge in [0.2, 0.25) is 0 Å². The van der Waals surface area contributed by atoms with Gasteiger partial charge in [-0.25, -0.2) is 0 Å². The van der Waals surface area contributed by atoms with E-state index in [1.54, 1.807) is 0 Å². The van der Waals surface area contributed by atoms with E-state index in [1.165, 1.54) is 27.9 Å². The highest BCUT2D eigenvalue weighted by atomic mass is 14.0. The van der Waals surface area contributed by atoms with Gasteiger partial charge < -0.3 is 0 Å². The molecule has 0 saturated carbocycles. The van der Waals surface area contributed by atoms with Crippen molar-refractivity contribution in [1.82, 2.24) is 0 Å². The molecule has 0 heteroatoms. The highest BCUT2D eigenvalue weighted by molar-refractivity contribution is 5.66. The highest BCUT2D eigenvalue weighted by Gasteiger charge is 1.94. The van der Waals surface area contributed by atoms with Crippen LogP contribution in [0.4, 0.5) is 0 Å². The SMILES string of the molecule is CC(C)=CCC/C(C)=C/C/C=C(C)/C=C(\C)c1ccccc1. The van der Waals surface area contributed by atoms with Crippen molar-refractivity contribution in [3.8, 4) is 0 Å². The van der Waals surface area contributed by atoms with Crippen LogP contribution < -0.4 is 0 Å². The maximum atomic E-state index is 2.34. The van der Waals surface area contributed by atoms with Crippen molar-refractivity contribution in [2.24, 2.45) is 0 Å². The van der Waals surface area contributed by atoms with Gasteiger partial charge in [0.05, 0.1) is 0 Å². The van der Waals surface area contributed by atoms with Crippen molar-refractivity contribution in [3.63, 3.8) is 0 Å². The van der Waals surface area contributed by atoms with E-state index in [-0.39, 0.29) is 0 Å². The molecule has 0 aliphatic carbocycles. The molecular formula is C22H30. The minimum Gasteiger partial charge on any atom is -0.0856 e. The Morgan fingerprint density at radius 2 is 1.55 bits per heavy atom. The predicted octanol–water partition coefficient (Wildman–Crippen LogP) is 7.12. The Morgan fingerprint density at radius 3 is 2.18 bits per heavy atom. The van der Waals surface area contributed by atoms with Crippen LogP contribution in [0.1, 0.15) is 59.4 Å². The molecule has 0 amide bonds. The number of benzene rings is 1. The third-order valence-electron chi connectivity index (χ3n) is 3.67. The summed E-state index contributed by atoms with van der Waals surface area (Å²) in [4.78, 5) is 0. The van der Waals surface area contributed by atoms with Gasteiger partial charge >= 0.3 is 0 Å². The largest absolute Gasteiger partial charge is 0.0856 e. The summed E-state index contributed by atoms with van der Waals surface area (Å²) < 4.78 is 0. The van der Waals surface area contributed by atoms with Crippen LogP contribution in [-0.2, 0) is 0 Å². The van der Waals surface area contributed by atoms with Crippen molar-refractivity contribution < 1.29 is 0 Å². The van der Waals surface area contributed by atoms with Crippen LogP contribution >= 0.6 is 0 Å². The second kappa shape index (κ2) is 10.00. The average Bonchev–Trinajstić information content (AvgIpc) is 2.47. The van der Waals surface area contributed by atoms with Gasteiger partial charge in [-0.05, 0) is 65.0 Å². The molecular weight excluding hydrogens is 264 g/mol. The predicted molar refractivity (Wildman–Crippen MR) is 101 cm³/mol. The van der Waals surface area contributed by atoms with E-state index < -0.39 is 0 Å². The van der Waals surface area contributed by atoms with Crippen LogP contribution in [0.5, 0.6) is 0 Å². The van der Waals surface area contributed by atoms with Gasteiger partial charge in [0.15, 0.2) is 0 Å². The average molecular weight is 294 g/mol.